The van der Waals surface area contributed by atoms with Crippen molar-refractivity contribution in [1.29, 1.82) is 0 Å². The standard InChI is InChI=1S/C35H40BrN5O6S/c36-29-22-25(7-10-31(29)42)23-32(33(43)37-16-3-4-24-11-19-40(20-12-24)48(46)28-8-9-28)47-35(45)39-17-14-27(15-18-39)41-21-13-26-5-1-2-6-30(26)38-34(41)44/h1-2,4-7,10,22,24,27-28,32,42H,8-9,11-15,17-21,23H2,(H,38,44)/t32-,48?/m1/s1. The first kappa shape index (κ1) is 34.3. The molecule has 0 spiro atoms. The number of halogens is 1. The third kappa shape index (κ3) is 8.71. The highest BCUT2D eigenvalue weighted by molar-refractivity contribution is 9.10. The van der Waals surface area contributed by atoms with Crippen LogP contribution in [0.3, 0.4) is 0 Å². The predicted molar refractivity (Wildman–Crippen MR) is 186 cm³/mol. The van der Waals surface area contributed by atoms with E-state index in [1.165, 1.54) is 6.07 Å². The van der Waals surface area contributed by atoms with E-state index in [4.69, 9.17) is 4.74 Å². The van der Waals surface area contributed by atoms with Gasteiger partial charge in [0.1, 0.15) is 11.0 Å². The van der Waals surface area contributed by atoms with E-state index in [-0.39, 0.29) is 30.2 Å². The molecule has 3 fully saturated rings. The second kappa shape index (κ2) is 15.8. The van der Waals surface area contributed by atoms with Crippen LogP contribution < -0.4 is 5.32 Å². The number of para-hydroxylation sites is 1. The Kier molecular flexibility index (Phi) is 11.3. The zero-order valence-corrected chi connectivity index (χ0v) is 29.1. The predicted octanol–water partition coefficient (Wildman–Crippen LogP) is 5.20. The number of nitrogens with one attached hydrogen (secondary N) is 1. The fourth-order valence-electron chi connectivity index (χ4n) is 6.38. The molecule has 11 nitrogen and oxygen atoms in total. The van der Waals surface area contributed by atoms with E-state index in [0.29, 0.717) is 47.8 Å². The normalized spacial score (nSPS) is 20.3. The number of amides is 4. The molecule has 2 aromatic rings. The summed E-state index contributed by atoms with van der Waals surface area (Å²) in [4.78, 5) is 46.9. The third-order valence-electron chi connectivity index (χ3n) is 9.37. The Hall–Kier alpha value is -3.57. The number of anilines is 1. The fraction of sp³-hybridized carbons (Fsp3) is 0.486. The van der Waals surface area contributed by atoms with Crippen LogP contribution in [0.2, 0.25) is 0 Å². The SMILES string of the molecule is O=C(N=C=C=CC1CCN([S+]([O-])C2CC2)CC1)[C@@H](Cc1ccc(O)c(Br)c1)OC(=O)N1CCC(N2CCc3ccccc3NC2=O)CC1. The zero-order valence-electron chi connectivity index (χ0n) is 26.7. The topological polar surface area (TPSA) is 138 Å². The molecule has 2 N–H and O–H groups in total. The number of aliphatic imine (C=N–C) groups is 1. The van der Waals surface area contributed by atoms with Gasteiger partial charge in [0.25, 0.3) is 5.91 Å². The molecule has 4 amide bonds. The Morgan fingerprint density at radius 3 is 2.56 bits per heavy atom. The number of hydrogen-bond donors (Lipinski definition) is 2. The lowest BCUT2D eigenvalue weighted by atomic mass is 9.98. The quantitative estimate of drug-likeness (QED) is 0.216. The number of likely N-dealkylation sites (tertiary alicyclic amines) is 1. The first-order valence-corrected chi connectivity index (χ1v) is 18.5. The van der Waals surface area contributed by atoms with Crippen LogP contribution in [-0.2, 0) is 33.7 Å². The lowest BCUT2D eigenvalue weighted by Crippen LogP contribution is -2.50. The largest absolute Gasteiger partial charge is 0.598 e. The maximum absolute atomic E-state index is 13.3. The van der Waals surface area contributed by atoms with Crippen LogP contribution in [0.25, 0.3) is 0 Å². The summed E-state index contributed by atoms with van der Waals surface area (Å²) in [5.41, 5.74) is 5.48. The minimum atomic E-state index is -1.21. The molecule has 1 saturated carbocycles. The van der Waals surface area contributed by atoms with Gasteiger partial charge in [-0.3, -0.25) is 4.79 Å². The summed E-state index contributed by atoms with van der Waals surface area (Å²) in [6.45, 7) is 2.88. The number of fused-ring (bicyclic) bond motifs is 1. The number of carbonyl (C=O) groups excluding carboxylic acids is 3. The number of benzene rings is 2. The highest BCUT2D eigenvalue weighted by Crippen LogP contribution is 2.33. The molecule has 1 unspecified atom stereocenters. The summed E-state index contributed by atoms with van der Waals surface area (Å²) < 4.78 is 20.7. The number of carbonyl (C=O) groups is 3. The van der Waals surface area contributed by atoms with Crippen LogP contribution >= 0.6 is 15.9 Å². The van der Waals surface area contributed by atoms with E-state index in [0.717, 1.165) is 56.4 Å². The number of piperidine rings is 2. The molecular weight excluding hydrogens is 698 g/mol. The van der Waals surface area contributed by atoms with Gasteiger partial charge in [-0.15, -0.1) is 4.31 Å². The van der Waals surface area contributed by atoms with Gasteiger partial charge in [0.05, 0.1) is 4.47 Å². The summed E-state index contributed by atoms with van der Waals surface area (Å²) >= 11 is 2.42. The average Bonchev–Trinajstić information content (AvgIpc) is 3.96. The van der Waals surface area contributed by atoms with Gasteiger partial charge in [0, 0.05) is 80.9 Å². The van der Waals surface area contributed by atoms with Gasteiger partial charge >= 0.3 is 12.1 Å². The molecule has 6 rings (SSSR count). The number of ether oxygens (including phenoxy) is 1. The van der Waals surface area contributed by atoms with Crippen molar-refractivity contribution in [3.05, 3.63) is 69.9 Å². The minimum Gasteiger partial charge on any atom is -0.598 e. The molecule has 0 aromatic heterocycles. The van der Waals surface area contributed by atoms with Crippen molar-refractivity contribution < 1.29 is 28.8 Å². The van der Waals surface area contributed by atoms with Crippen LogP contribution in [0.4, 0.5) is 15.3 Å². The Labute approximate surface area is 292 Å². The lowest BCUT2D eigenvalue weighted by molar-refractivity contribution is -0.126. The number of phenolic OH excluding ortho intramolecular Hbond substituents is 1. The molecule has 0 bridgehead atoms. The average molecular weight is 739 g/mol. The van der Waals surface area contributed by atoms with Gasteiger partial charge in [0.2, 0.25) is 0 Å². The van der Waals surface area contributed by atoms with Crippen molar-refractivity contribution in [1.82, 2.24) is 14.1 Å². The molecule has 254 valence electrons. The summed E-state index contributed by atoms with van der Waals surface area (Å²) in [5.74, 6) is 2.21. The zero-order chi connectivity index (χ0) is 33.6. The van der Waals surface area contributed by atoms with Crippen molar-refractivity contribution in [2.24, 2.45) is 10.9 Å². The van der Waals surface area contributed by atoms with E-state index >= 15 is 0 Å². The minimum absolute atomic E-state index is 0.0238. The molecule has 13 heteroatoms. The van der Waals surface area contributed by atoms with Gasteiger partial charge in [-0.1, -0.05) is 30.0 Å². The highest BCUT2D eigenvalue weighted by Gasteiger charge is 2.40. The molecule has 48 heavy (non-hydrogen) atoms. The molecule has 3 heterocycles. The third-order valence-corrected chi connectivity index (χ3v) is 11.9. The van der Waals surface area contributed by atoms with Gasteiger partial charge in [-0.05, 0) is 89.4 Å². The fourth-order valence-corrected chi connectivity index (χ4v) is 8.34. The summed E-state index contributed by atoms with van der Waals surface area (Å²) in [7, 11) is 0. The Bertz CT molecular complexity index is 1610. The highest BCUT2D eigenvalue weighted by atomic mass is 79.9. The molecule has 2 saturated heterocycles. The van der Waals surface area contributed by atoms with Gasteiger partial charge in [-0.25, -0.2) is 9.59 Å². The van der Waals surface area contributed by atoms with Gasteiger partial charge in [-0.2, -0.15) is 4.99 Å². The number of allylic oxidation sites excluding steroid dienone is 1. The molecule has 3 aliphatic heterocycles. The monoisotopic (exact) mass is 737 g/mol. The first-order chi connectivity index (χ1) is 23.2. The molecule has 0 radical (unpaired) electrons. The number of urea groups is 1. The molecule has 1 aliphatic carbocycles. The van der Waals surface area contributed by atoms with E-state index in [1.54, 1.807) is 17.0 Å². The number of nitrogens with zero attached hydrogens (tertiary/aromatic N) is 4. The second-order valence-electron chi connectivity index (χ2n) is 12.7. The smallest absolute Gasteiger partial charge is 0.410 e. The van der Waals surface area contributed by atoms with Gasteiger partial charge < -0.3 is 29.5 Å². The van der Waals surface area contributed by atoms with Crippen molar-refractivity contribution in [2.75, 3.05) is 38.0 Å². The van der Waals surface area contributed by atoms with Crippen LogP contribution in [-0.4, -0.2) is 97.8 Å². The van der Waals surface area contributed by atoms with Crippen molar-refractivity contribution in [3.8, 4) is 5.75 Å². The number of hydrogen-bond acceptors (Lipinski definition) is 7. The Morgan fingerprint density at radius 1 is 1.08 bits per heavy atom. The summed E-state index contributed by atoms with van der Waals surface area (Å²) in [6.07, 6.45) is 5.79. The van der Waals surface area contributed by atoms with Gasteiger partial charge in [0.15, 0.2) is 6.10 Å². The van der Waals surface area contributed by atoms with E-state index in [2.05, 4.69) is 42.1 Å². The molecule has 4 aliphatic rings. The maximum atomic E-state index is 13.3. The number of phenols is 1. The lowest BCUT2D eigenvalue weighted by Gasteiger charge is -2.37. The van der Waals surface area contributed by atoms with E-state index in [1.807, 2.05) is 35.2 Å². The van der Waals surface area contributed by atoms with Crippen molar-refractivity contribution in [2.45, 2.75) is 68.8 Å². The number of aromatic hydroxyl groups is 1. The van der Waals surface area contributed by atoms with Crippen LogP contribution in [0, 0.1) is 5.92 Å². The summed E-state index contributed by atoms with van der Waals surface area (Å²) in [6, 6.07) is 12.5. The summed E-state index contributed by atoms with van der Waals surface area (Å²) in [5, 5.41) is 13.3. The van der Waals surface area contributed by atoms with Crippen LogP contribution in [0.15, 0.2) is 63.7 Å². The number of rotatable bonds is 8. The van der Waals surface area contributed by atoms with Crippen LogP contribution in [0.5, 0.6) is 5.75 Å². The second-order valence-corrected chi connectivity index (χ2v) is 15.3. The molecule has 2 atom stereocenters. The Balaban J connectivity index is 1.06. The van der Waals surface area contributed by atoms with E-state index in [9.17, 15) is 24.0 Å². The van der Waals surface area contributed by atoms with Crippen molar-refractivity contribution in [3.63, 3.8) is 0 Å². The molecule has 2 aromatic carbocycles. The van der Waals surface area contributed by atoms with Crippen molar-refractivity contribution >= 4 is 56.9 Å². The Morgan fingerprint density at radius 2 is 1.83 bits per heavy atom. The molecular formula is C35H40BrN5O6S. The maximum Gasteiger partial charge on any atom is 0.410 e. The van der Waals surface area contributed by atoms with E-state index < -0.39 is 29.5 Å². The van der Waals surface area contributed by atoms with Crippen LogP contribution in [0.1, 0.15) is 49.7 Å². The first-order valence-electron chi connectivity index (χ1n) is 16.6.